The van der Waals surface area contributed by atoms with E-state index in [4.69, 9.17) is 23.2 Å². The number of nitrogens with one attached hydrogen (secondary N) is 1. The SMILES string of the molecule is Cc1nc(SC(C)C(=O)Nc2cccc(Cl)c2Cl)c2ccccc2n1. The van der Waals surface area contributed by atoms with Crippen LogP contribution in [0.5, 0.6) is 0 Å². The molecule has 0 aliphatic rings. The second-order valence-corrected chi connectivity index (χ2v) is 7.56. The standard InChI is InChI=1S/C18H15Cl2N3OS/c1-10(17(24)23-15-9-5-7-13(19)16(15)20)25-18-12-6-3-4-8-14(12)21-11(2)22-18/h3-10H,1-2H3,(H,23,24). The van der Waals surface area contributed by atoms with Crippen LogP contribution in [0.3, 0.4) is 0 Å². The van der Waals surface area contributed by atoms with Gasteiger partial charge in [-0.15, -0.1) is 0 Å². The minimum Gasteiger partial charge on any atom is -0.324 e. The van der Waals surface area contributed by atoms with Crippen molar-refractivity contribution < 1.29 is 4.79 Å². The van der Waals surface area contributed by atoms with E-state index in [-0.39, 0.29) is 11.2 Å². The first-order chi connectivity index (χ1) is 12.0. The lowest BCUT2D eigenvalue weighted by Crippen LogP contribution is -2.22. The second-order valence-electron chi connectivity index (χ2n) is 5.44. The van der Waals surface area contributed by atoms with Crippen molar-refractivity contribution in [2.45, 2.75) is 24.1 Å². The van der Waals surface area contributed by atoms with Gasteiger partial charge in [-0.25, -0.2) is 9.97 Å². The maximum atomic E-state index is 12.5. The summed E-state index contributed by atoms with van der Waals surface area (Å²) in [6.07, 6.45) is 0. The number of hydrogen-bond donors (Lipinski definition) is 1. The Bertz CT molecular complexity index is 949. The van der Waals surface area contributed by atoms with Gasteiger partial charge in [0.2, 0.25) is 5.91 Å². The molecule has 0 aliphatic carbocycles. The predicted molar refractivity (Wildman–Crippen MR) is 105 cm³/mol. The first-order valence-corrected chi connectivity index (χ1v) is 9.24. The number of nitrogens with zero attached hydrogens (tertiary/aromatic N) is 2. The number of anilines is 1. The fraction of sp³-hybridized carbons (Fsp3) is 0.167. The summed E-state index contributed by atoms with van der Waals surface area (Å²) in [6, 6.07) is 12.9. The number of benzene rings is 2. The molecule has 7 heteroatoms. The second kappa shape index (κ2) is 7.60. The Hall–Kier alpha value is -1.82. The molecule has 0 saturated carbocycles. The van der Waals surface area contributed by atoms with Crippen LogP contribution in [0.25, 0.3) is 10.9 Å². The van der Waals surface area contributed by atoms with Crippen molar-refractivity contribution in [2.24, 2.45) is 0 Å². The van der Waals surface area contributed by atoms with Crippen LogP contribution in [0, 0.1) is 6.92 Å². The van der Waals surface area contributed by atoms with E-state index < -0.39 is 0 Å². The zero-order valence-electron chi connectivity index (χ0n) is 13.6. The molecule has 128 valence electrons. The summed E-state index contributed by atoms with van der Waals surface area (Å²) in [5.74, 6) is 0.501. The number of amides is 1. The average Bonchev–Trinajstić information content (AvgIpc) is 2.58. The van der Waals surface area contributed by atoms with Crippen molar-refractivity contribution in [2.75, 3.05) is 5.32 Å². The quantitative estimate of drug-likeness (QED) is 0.480. The molecule has 3 rings (SSSR count). The molecule has 1 unspecified atom stereocenters. The van der Waals surface area contributed by atoms with Crippen LogP contribution in [-0.2, 0) is 4.79 Å². The summed E-state index contributed by atoms with van der Waals surface area (Å²) in [7, 11) is 0. The smallest absolute Gasteiger partial charge is 0.237 e. The van der Waals surface area contributed by atoms with Crippen LogP contribution >= 0.6 is 35.0 Å². The summed E-state index contributed by atoms with van der Waals surface area (Å²) >= 11 is 13.5. The Morgan fingerprint density at radius 2 is 1.88 bits per heavy atom. The monoisotopic (exact) mass is 391 g/mol. The molecular weight excluding hydrogens is 377 g/mol. The number of para-hydroxylation sites is 1. The summed E-state index contributed by atoms with van der Waals surface area (Å²) in [5.41, 5.74) is 1.36. The highest BCUT2D eigenvalue weighted by atomic mass is 35.5. The summed E-state index contributed by atoms with van der Waals surface area (Å²) < 4.78 is 0. The minimum absolute atomic E-state index is 0.172. The summed E-state index contributed by atoms with van der Waals surface area (Å²) in [4.78, 5) is 21.4. The Balaban J connectivity index is 1.81. The fourth-order valence-electron chi connectivity index (χ4n) is 2.30. The van der Waals surface area contributed by atoms with Crippen molar-refractivity contribution in [1.82, 2.24) is 9.97 Å². The third-order valence-electron chi connectivity index (χ3n) is 3.55. The van der Waals surface area contributed by atoms with E-state index in [1.54, 1.807) is 18.2 Å². The van der Waals surface area contributed by atoms with E-state index in [2.05, 4.69) is 15.3 Å². The van der Waals surface area contributed by atoms with Gasteiger partial charge in [0.15, 0.2) is 0 Å². The van der Waals surface area contributed by atoms with Crippen LogP contribution in [0.4, 0.5) is 5.69 Å². The molecule has 1 aromatic heterocycles. The van der Waals surface area contributed by atoms with E-state index >= 15 is 0 Å². The van der Waals surface area contributed by atoms with Gasteiger partial charge in [-0.2, -0.15) is 0 Å². The number of aryl methyl sites for hydroxylation is 1. The number of carbonyl (C=O) groups excluding carboxylic acids is 1. The largest absolute Gasteiger partial charge is 0.324 e. The number of hydrogen-bond acceptors (Lipinski definition) is 4. The number of rotatable bonds is 4. The molecule has 1 amide bonds. The number of carbonyl (C=O) groups is 1. The molecule has 0 bridgehead atoms. The van der Waals surface area contributed by atoms with Crippen LogP contribution < -0.4 is 5.32 Å². The third-order valence-corrected chi connectivity index (χ3v) is 5.47. The lowest BCUT2D eigenvalue weighted by molar-refractivity contribution is -0.115. The molecule has 0 spiro atoms. The highest BCUT2D eigenvalue weighted by Gasteiger charge is 2.19. The Morgan fingerprint density at radius 3 is 2.68 bits per heavy atom. The van der Waals surface area contributed by atoms with E-state index in [0.29, 0.717) is 21.6 Å². The summed E-state index contributed by atoms with van der Waals surface area (Å²) in [6.45, 7) is 3.66. The van der Waals surface area contributed by atoms with Crippen LogP contribution in [0.15, 0.2) is 47.5 Å². The molecule has 0 fully saturated rings. The molecule has 0 aliphatic heterocycles. The molecule has 25 heavy (non-hydrogen) atoms. The van der Waals surface area contributed by atoms with Crippen molar-refractivity contribution in [1.29, 1.82) is 0 Å². The number of fused-ring (bicyclic) bond motifs is 1. The molecule has 2 aromatic carbocycles. The lowest BCUT2D eigenvalue weighted by atomic mass is 10.2. The fourth-order valence-corrected chi connectivity index (χ4v) is 3.64. The predicted octanol–water partition coefficient (Wildman–Crippen LogP) is 5.36. The zero-order chi connectivity index (χ0) is 18.0. The van der Waals surface area contributed by atoms with Gasteiger partial charge >= 0.3 is 0 Å². The normalized spacial score (nSPS) is 12.2. The van der Waals surface area contributed by atoms with Crippen molar-refractivity contribution in [3.05, 3.63) is 58.3 Å². The van der Waals surface area contributed by atoms with E-state index in [9.17, 15) is 4.79 Å². The Kier molecular flexibility index (Phi) is 5.47. The highest BCUT2D eigenvalue weighted by molar-refractivity contribution is 8.00. The van der Waals surface area contributed by atoms with Gasteiger partial charge in [-0.05, 0) is 32.0 Å². The van der Waals surface area contributed by atoms with Crippen molar-refractivity contribution in [3.63, 3.8) is 0 Å². The highest BCUT2D eigenvalue weighted by Crippen LogP contribution is 2.32. The maximum Gasteiger partial charge on any atom is 0.237 e. The van der Waals surface area contributed by atoms with Crippen LogP contribution in [-0.4, -0.2) is 21.1 Å². The molecule has 4 nitrogen and oxygen atoms in total. The van der Waals surface area contributed by atoms with E-state index in [1.807, 2.05) is 38.1 Å². The van der Waals surface area contributed by atoms with Gasteiger partial charge in [0, 0.05) is 5.39 Å². The van der Waals surface area contributed by atoms with Crippen LogP contribution in [0.2, 0.25) is 10.0 Å². The number of aromatic nitrogens is 2. The molecule has 0 radical (unpaired) electrons. The van der Waals surface area contributed by atoms with Gasteiger partial charge in [0.05, 0.1) is 26.5 Å². The van der Waals surface area contributed by atoms with Gasteiger partial charge in [-0.1, -0.05) is 59.2 Å². The average molecular weight is 392 g/mol. The maximum absolute atomic E-state index is 12.5. The minimum atomic E-state index is -0.368. The third kappa shape index (κ3) is 4.06. The lowest BCUT2D eigenvalue weighted by Gasteiger charge is -2.14. The molecule has 1 N–H and O–H groups in total. The summed E-state index contributed by atoms with van der Waals surface area (Å²) in [5, 5.41) is 4.89. The van der Waals surface area contributed by atoms with Crippen molar-refractivity contribution >= 4 is 57.5 Å². The number of thioether (sulfide) groups is 1. The van der Waals surface area contributed by atoms with Crippen LogP contribution in [0.1, 0.15) is 12.7 Å². The zero-order valence-corrected chi connectivity index (χ0v) is 15.9. The molecule has 3 aromatic rings. The van der Waals surface area contributed by atoms with Gasteiger partial charge in [0.1, 0.15) is 10.9 Å². The topological polar surface area (TPSA) is 54.9 Å². The molecule has 1 atom stereocenters. The first kappa shape index (κ1) is 18.0. The van der Waals surface area contributed by atoms with Gasteiger partial charge in [-0.3, -0.25) is 4.79 Å². The Morgan fingerprint density at radius 1 is 1.12 bits per heavy atom. The van der Waals surface area contributed by atoms with Crippen molar-refractivity contribution in [3.8, 4) is 0 Å². The number of halogens is 2. The molecular formula is C18H15Cl2N3OS. The molecule has 1 heterocycles. The first-order valence-electron chi connectivity index (χ1n) is 7.60. The van der Waals surface area contributed by atoms with E-state index in [1.165, 1.54) is 11.8 Å². The van der Waals surface area contributed by atoms with Gasteiger partial charge in [0.25, 0.3) is 0 Å². The Labute approximate surface area is 160 Å². The van der Waals surface area contributed by atoms with Gasteiger partial charge < -0.3 is 5.32 Å². The van der Waals surface area contributed by atoms with E-state index in [0.717, 1.165) is 15.9 Å². The molecule has 0 saturated heterocycles.